The number of nitrogens with one attached hydrogen (secondary N) is 1. The van der Waals surface area contributed by atoms with Crippen molar-refractivity contribution in [3.05, 3.63) is 21.9 Å². The zero-order chi connectivity index (χ0) is 14.5. The summed E-state index contributed by atoms with van der Waals surface area (Å²) in [6, 6.07) is 2.77. The number of rotatable bonds is 8. The van der Waals surface area contributed by atoms with E-state index in [9.17, 15) is 0 Å². The zero-order valence-corrected chi connectivity index (χ0v) is 14.2. The van der Waals surface area contributed by atoms with E-state index in [0.29, 0.717) is 6.04 Å². The fourth-order valence-electron chi connectivity index (χ4n) is 3.07. The highest BCUT2D eigenvalue weighted by Crippen LogP contribution is 2.37. The predicted molar refractivity (Wildman–Crippen MR) is 87.1 cm³/mol. The van der Waals surface area contributed by atoms with E-state index in [0.717, 1.165) is 19.4 Å². The molecule has 0 saturated heterocycles. The molecular formula is C16H30N2S. The summed E-state index contributed by atoms with van der Waals surface area (Å²) in [5, 5.41) is 6.11. The Labute approximate surface area is 123 Å². The molecule has 0 aromatic carbocycles. The monoisotopic (exact) mass is 282 g/mol. The van der Waals surface area contributed by atoms with E-state index in [-0.39, 0.29) is 5.54 Å². The second-order valence-corrected chi connectivity index (χ2v) is 6.70. The van der Waals surface area contributed by atoms with Gasteiger partial charge >= 0.3 is 0 Å². The van der Waals surface area contributed by atoms with Gasteiger partial charge in [-0.2, -0.15) is 0 Å². The molecule has 0 radical (unpaired) electrons. The Morgan fingerprint density at radius 1 is 1.26 bits per heavy atom. The highest BCUT2D eigenvalue weighted by molar-refractivity contribution is 7.10. The Morgan fingerprint density at radius 3 is 2.26 bits per heavy atom. The third kappa shape index (κ3) is 3.59. The maximum atomic E-state index is 3.79. The van der Waals surface area contributed by atoms with Crippen molar-refractivity contribution in [3.8, 4) is 0 Å². The van der Waals surface area contributed by atoms with Gasteiger partial charge in [-0.3, -0.25) is 0 Å². The third-order valence-electron chi connectivity index (χ3n) is 4.34. The predicted octanol–water partition coefficient (Wildman–Crippen LogP) is 4.22. The Hall–Kier alpha value is -0.380. The summed E-state index contributed by atoms with van der Waals surface area (Å²) in [6.07, 6.45) is 3.50. The molecular weight excluding hydrogens is 252 g/mol. The van der Waals surface area contributed by atoms with Gasteiger partial charge in [-0.1, -0.05) is 20.8 Å². The van der Waals surface area contributed by atoms with Crippen molar-refractivity contribution >= 4 is 11.3 Å². The third-order valence-corrected chi connectivity index (χ3v) is 5.21. The molecule has 0 aliphatic heterocycles. The lowest BCUT2D eigenvalue weighted by molar-refractivity contribution is 0.0883. The van der Waals surface area contributed by atoms with Crippen LogP contribution < -0.4 is 5.32 Å². The molecule has 0 aliphatic carbocycles. The highest BCUT2D eigenvalue weighted by atomic mass is 32.1. The molecule has 0 fully saturated rings. The summed E-state index contributed by atoms with van der Waals surface area (Å²) in [6.45, 7) is 10.1. The normalized spacial score (nSPS) is 14.1. The summed E-state index contributed by atoms with van der Waals surface area (Å²) in [4.78, 5) is 3.81. The van der Waals surface area contributed by atoms with Crippen molar-refractivity contribution in [1.82, 2.24) is 10.2 Å². The van der Waals surface area contributed by atoms with E-state index in [4.69, 9.17) is 0 Å². The summed E-state index contributed by atoms with van der Waals surface area (Å²) < 4.78 is 0. The van der Waals surface area contributed by atoms with Gasteiger partial charge in [0.1, 0.15) is 0 Å². The van der Waals surface area contributed by atoms with Crippen LogP contribution in [0.4, 0.5) is 0 Å². The Bertz CT molecular complexity index is 367. The van der Waals surface area contributed by atoms with Crippen LogP contribution in [0, 0.1) is 6.92 Å². The number of aryl methyl sites for hydroxylation is 1. The van der Waals surface area contributed by atoms with Crippen molar-refractivity contribution in [1.29, 1.82) is 0 Å². The molecule has 3 heteroatoms. The van der Waals surface area contributed by atoms with Crippen LogP contribution >= 0.6 is 11.3 Å². The maximum Gasteiger partial charge on any atom is 0.0515 e. The molecule has 19 heavy (non-hydrogen) atoms. The standard InChI is InChI=1S/C16H30N2S/c1-7-10-17-15(14-11-13(4)19-12-14)16(8-2,9-3)18(5)6/h11-12,15,17H,7-10H2,1-6H3. The van der Waals surface area contributed by atoms with Gasteiger partial charge in [0, 0.05) is 10.4 Å². The maximum absolute atomic E-state index is 3.79. The molecule has 1 aromatic rings. The second-order valence-electron chi connectivity index (χ2n) is 5.58. The summed E-state index contributed by atoms with van der Waals surface area (Å²) in [5.41, 5.74) is 1.65. The summed E-state index contributed by atoms with van der Waals surface area (Å²) in [5.74, 6) is 0. The minimum Gasteiger partial charge on any atom is -0.308 e. The molecule has 0 bridgehead atoms. The highest BCUT2D eigenvalue weighted by Gasteiger charge is 2.38. The summed E-state index contributed by atoms with van der Waals surface area (Å²) in [7, 11) is 4.43. The lowest BCUT2D eigenvalue weighted by Gasteiger charge is -2.45. The minimum absolute atomic E-state index is 0.197. The SMILES string of the molecule is CCCNC(c1csc(C)c1)C(CC)(CC)N(C)C. The van der Waals surface area contributed by atoms with Gasteiger partial charge in [0.15, 0.2) is 0 Å². The topological polar surface area (TPSA) is 15.3 Å². The molecule has 110 valence electrons. The van der Waals surface area contributed by atoms with Crippen LogP contribution in [0.3, 0.4) is 0 Å². The van der Waals surface area contributed by atoms with Gasteiger partial charge in [-0.15, -0.1) is 11.3 Å². The van der Waals surface area contributed by atoms with Crippen LogP contribution in [0.5, 0.6) is 0 Å². The fourth-order valence-corrected chi connectivity index (χ4v) is 3.80. The van der Waals surface area contributed by atoms with E-state index in [1.54, 1.807) is 0 Å². The van der Waals surface area contributed by atoms with E-state index in [2.05, 4.69) is 63.5 Å². The Balaban J connectivity index is 3.13. The van der Waals surface area contributed by atoms with E-state index >= 15 is 0 Å². The number of thiophene rings is 1. The van der Waals surface area contributed by atoms with Gasteiger partial charge in [-0.25, -0.2) is 0 Å². The lowest BCUT2D eigenvalue weighted by atomic mass is 9.80. The van der Waals surface area contributed by atoms with Crippen molar-refractivity contribution in [3.63, 3.8) is 0 Å². The second kappa shape index (κ2) is 7.41. The molecule has 1 unspecified atom stereocenters. The van der Waals surface area contributed by atoms with E-state index < -0.39 is 0 Å². The Morgan fingerprint density at radius 2 is 1.89 bits per heavy atom. The number of likely N-dealkylation sites (N-methyl/N-ethyl adjacent to an activating group) is 1. The van der Waals surface area contributed by atoms with Crippen LogP contribution in [-0.2, 0) is 0 Å². The number of nitrogens with zero attached hydrogens (tertiary/aromatic N) is 1. The first kappa shape index (κ1) is 16.7. The zero-order valence-electron chi connectivity index (χ0n) is 13.4. The van der Waals surface area contributed by atoms with Gasteiger partial charge in [-0.05, 0) is 63.8 Å². The van der Waals surface area contributed by atoms with Crippen LogP contribution in [0.2, 0.25) is 0 Å². The molecule has 1 rings (SSSR count). The quantitative estimate of drug-likeness (QED) is 0.768. The van der Waals surface area contributed by atoms with Gasteiger partial charge in [0.2, 0.25) is 0 Å². The molecule has 1 heterocycles. The molecule has 1 aromatic heterocycles. The lowest BCUT2D eigenvalue weighted by Crippen LogP contribution is -2.53. The largest absolute Gasteiger partial charge is 0.308 e. The van der Waals surface area contributed by atoms with Crippen molar-refractivity contribution in [2.24, 2.45) is 0 Å². The molecule has 0 saturated carbocycles. The first-order chi connectivity index (χ1) is 9.01. The number of hydrogen-bond donors (Lipinski definition) is 1. The molecule has 0 amide bonds. The molecule has 0 spiro atoms. The average molecular weight is 282 g/mol. The van der Waals surface area contributed by atoms with Gasteiger partial charge in [0.05, 0.1) is 6.04 Å². The fraction of sp³-hybridized carbons (Fsp3) is 0.750. The first-order valence-electron chi connectivity index (χ1n) is 7.47. The van der Waals surface area contributed by atoms with Gasteiger partial charge in [0.25, 0.3) is 0 Å². The van der Waals surface area contributed by atoms with Crippen molar-refractivity contribution in [2.75, 3.05) is 20.6 Å². The van der Waals surface area contributed by atoms with Crippen molar-refractivity contribution in [2.45, 2.75) is 58.5 Å². The van der Waals surface area contributed by atoms with Crippen LogP contribution in [0.15, 0.2) is 11.4 Å². The van der Waals surface area contributed by atoms with Crippen LogP contribution in [0.25, 0.3) is 0 Å². The minimum atomic E-state index is 0.197. The van der Waals surface area contributed by atoms with Crippen LogP contribution in [-0.4, -0.2) is 31.1 Å². The smallest absolute Gasteiger partial charge is 0.0515 e. The first-order valence-corrected chi connectivity index (χ1v) is 8.35. The van der Waals surface area contributed by atoms with E-state index in [1.165, 1.54) is 16.9 Å². The average Bonchev–Trinajstić information content (AvgIpc) is 2.81. The van der Waals surface area contributed by atoms with Crippen molar-refractivity contribution < 1.29 is 0 Å². The molecule has 2 nitrogen and oxygen atoms in total. The van der Waals surface area contributed by atoms with Gasteiger partial charge < -0.3 is 10.2 Å². The van der Waals surface area contributed by atoms with E-state index in [1.807, 2.05) is 11.3 Å². The summed E-state index contributed by atoms with van der Waals surface area (Å²) >= 11 is 1.86. The number of hydrogen-bond acceptors (Lipinski definition) is 3. The molecule has 1 atom stereocenters. The van der Waals surface area contributed by atoms with Crippen LogP contribution in [0.1, 0.15) is 56.5 Å². The Kier molecular flexibility index (Phi) is 6.51. The molecule has 0 aliphatic rings. The molecule has 1 N–H and O–H groups in total.